The largest absolute Gasteiger partial charge is 0.457 e. The lowest BCUT2D eigenvalue weighted by Crippen LogP contribution is -2.35. The van der Waals surface area contributed by atoms with Crippen molar-refractivity contribution in [3.8, 4) is 22.6 Å². The van der Waals surface area contributed by atoms with Crippen LogP contribution in [0.25, 0.3) is 22.0 Å². The van der Waals surface area contributed by atoms with Gasteiger partial charge in [0.2, 0.25) is 11.8 Å². The first-order chi connectivity index (χ1) is 18.9. The summed E-state index contributed by atoms with van der Waals surface area (Å²) in [7, 11) is 0. The molecule has 2 amide bonds. The Bertz CT molecular complexity index is 1680. The monoisotopic (exact) mass is 521 g/mol. The summed E-state index contributed by atoms with van der Waals surface area (Å²) < 4.78 is 19.3. The van der Waals surface area contributed by atoms with Gasteiger partial charge in [-0.3, -0.25) is 19.7 Å². The summed E-state index contributed by atoms with van der Waals surface area (Å²) >= 11 is 0. The zero-order valence-corrected chi connectivity index (χ0v) is 21.0. The number of ether oxygens (including phenoxy) is 1. The van der Waals surface area contributed by atoms with E-state index in [9.17, 15) is 14.0 Å². The Labute approximate surface area is 223 Å². The molecule has 8 nitrogen and oxygen atoms in total. The highest BCUT2D eigenvalue weighted by Crippen LogP contribution is 2.47. The molecule has 0 saturated heterocycles. The predicted octanol–water partition coefficient (Wildman–Crippen LogP) is 6.22. The lowest BCUT2D eigenvalue weighted by Gasteiger charge is -2.16. The van der Waals surface area contributed by atoms with Crippen LogP contribution in [0.15, 0.2) is 85.3 Å². The van der Waals surface area contributed by atoms with Crippen molar-refractivity contribution in [3.05, 3.63) is 96.7 Å². The van der Waals surface area contributed by atoms with E-state index in [0.717, 1.165) is 27.6 Å². The molecule has 1 aliphatic rings. The normalized spacial score (nSPS) is 13.6. The number of aromatic nitrogens is 3. The molecule has 0 radical (unpaired) electrons. The van der Waals surface area contributed by atoms with Crippen molar-refractivity contribution < 1.29 is 18.7 Å². The summed E-state index contributed by atoms with van der Waals surface area (Å²) in [6.45, 7) is 2.03. The Balaban J connectivity index is 1.14. The second kappa shape index (κ2) is 9.68. The molecule has 1 fully saturated rings. The average Bonchev–Trinajstić information content (AvgIpc) is 3.58. The van der Waals surface area contributed by atoms with E-state index in [2.05, 4.69) is 25.8 Å². The smallest absolute Gasteiger partial charge is 0.240 e. The molecule has 0 aliphatic heterocycles. The number of aryl methyl sites for hydroxylation is 1. The zero-order valence-electron chi connectivity index (χ0n) is 21.0. The van der Waals surface area contributed by atoms with Gasteiger partial charge in [0.15, 0.2) is 0 Å². The fraction of sp³-hybridized carbons (Fsp3) is 0.133. The molecule has 6 rings (SSSR count). The van der Waals surface area contributed by atoms with Gasteiger partial charge in [-0.05, 0) is 97.6 Å². The van der Waals surface area contributed by atoms with Crippen LogP contribution < -0.4 is 15.4 Å². The number of rotatable bonds is 7. The number of carbonyl (C=O) groups is 2. The third-order valence-corrected chi connectivity index (χ3v) is 6.92. The molecular weight excluding hydrogens is 497 g/mol. The first-order valence-corrected chi connectivity index (χ1v) is 12.5. The highest BCUT2D eigenvalue weighted by molar-refractivity contribution is 6.16. The van der Waals surface area contributed by atoms with Crippen LogP contribution in [0, 0.1) is 18.2 Å². The molecule has 39 heavy (non-hydrogen) atoms. The Morgan fingerprint density at radius 2 is 1.62 bits per heavy atom. The van der Waals surface area contributed by atoms with Crippen LogP contribution in [0.4, 0.5) is 15.8 Å². The third-order valence-electron chi connectivity index (χ3n) is 6.92. The standard InChI is InChI=1S/C30H24FN5O3/c1-18-14-25-26(15-24(18)19-16-33-34-17-19)32-13-10-27(25)39-23-8-6-22(7-9-23)36-29(38)30(11-12-30)28(37)35-21-4-2-20(31)3-5-21/h2-10,13-17H,11-12H2,1H3,(H,33,34)(H,35,37)(H,36,38). The van der Waals surface area contributed by atoms with E-state index in [4.69, 9.17) is 4.74 Å². The zero-order chi connectivity index (χ0) is 27.0. The summed E-state index contributed by atoms with van der Waals surface area (Å²) in [4.78, 5) is 30.3. The second-order valence-electron chi connectivity index (χ2n) is 9.60. The van der Waals surface area contributed by atoms with Gasteiger partial charge in [-0.1, -0.05) is 0 Å². The van der Waals surface area contributed by atoms with Crippen molar-refractivity contribution >= 4 is 34.1 Å². The van der Waals surface area contributed by atoms with E-state index in [0.29, 0.717) is 35.7 Å². The predicted molar refractivity (Wildman–Crippen MR) is 146 cm³/mol. The van der Waals surface area contributed by atoms with E-state index in [1.165, 1.54) is 24.3 Å². The molecule has 3 N–H and O–H groups in total. The van der Waals surface area contributed by atoms with E-state index in [1.807, 2.05) is 31.3 Å². The van der Waals surface area contributed by atoms with Crippen molar-refractivity contribution in [2.24, 2.45) is 5.41 Å². The minimum atomic E-state index is -1.13. The number of anilines is 2. The summed E-state index contributed by atoms with van der Waals surface area (Å²) in [6.07, 6.45) is 6.22. The molecule has 2 aromatic heterocycles. The third kappa shape index (κ3) is 4.82. The number of pyridine rings is 1. The number of hydrogen-bond acceptors (Lipinski definition) is 5. The maximum Gasteiger partial charge on any atom is 0.240 e. The number of hydrogen-bond donors (Lipinski definition) is 3. The van der Waals surface area contributed by atoms with Crippen molar-refractivity contribution in [3.63, 3.8) is 0 Å². The quantitative estimate of drug-likeness (QED) is 0.220. The molecule has 9 heteroatoms. The summed E-state index contributed by atoms with van der Waals surface area (Å²) in [5.41, 5.74) is 3.75. The van der Waals surface area contributed by atoms with Gasteiger partial charge < -0.3 is 15.4 Å². The fourth-order valence-electron chi connectivity index (χ4n) is 4.52. The maximum atomic E-state index is 13.1. The van der Waals surface area contributed by atoms with Crippen molar-refractivity contribution in [2.75, 3.05) is 10.6 Å². The Kier molecular flexibility index (Phi) is 6.03. The highest BCUT2D eigenvalue weighted by atomic mass is 19.1. The minimum absolute atomic E-state index is 0.375. The number of nitrogens with one attached hydrogen (secondary N) is 3. The van der Waals surface area contributed by atoms with Crippen LogP contribution in [0.1, 0.15) is 18.4 Å². The average molecular weight is 522 g/mol. The van der Waals surface area contributed by atoms with Gasteiger partial charge in [-0.15, -0.1) is 0 Å². The first-order valence-electron chi connectivity index (χ1n) is 12.5. The molecular formula is C30H24FN5O3. The minimum Gasteiger partial charge on any atom is -0.457 e. The highest BCUT2D eigenvalue weighted by Gasteiger charge is 2.56. The molecule has 0 atom stereocenters. The molecule has 2 heterocycles. The Morgan fingerprint density at radius 3 is 2.23 bits per heavy atom. The SMILES string of the molecule is Cc1cc2c(Oc3ccc(NC(=O)C4(C(=O)Nc5ccc(F)cc5)CC4)cc3)ccnc2cc1-c1cn[nH]c1. The number of fused-ring (bicyclic) bond motifs is 1. The van der Waals surface area contributed by atoms with Crippen LogP contribution in [-0.2, 0) is 9.59 Å². The lowest BCUT2D eigenvalue weighted by molar-refractivity contribution is -0.131. The van der Waals surface area contributed by atoms with E-state index in [1.54, 1.807) is 36.7 Å². The second-order valence-corrected chi connectivity index (χ2v) is 9.60. The molecule has 1 aliphatic carbocycles. The van der Waals surface area contributed by atoms with Gasteiger partial charge >= 0.3 is 0 Å². The van der Waals surface area contributed by atoms with Gasteiger partial charge in [0.1, 0.15) is 22.7 Å². The molecule has 0 bridgehead atoms. The van der Waals surface area contributed by atoms with Crippen molar-refractivity contribution in [1.82, 2.24) is 15.2 Å². The maximum absolute atomic E-state index is 13.1. The Morgan fingerprint density at radius 1 is 0.949 bits per heavy atom. The molecule has 5 aromatic rings. The summed E-state index contributed by atoms with van der Waals surface area (Å²) in [6, 6.07) is 18.3. The van der Waals surface area contributed by atoms with Crippen LogP contribution >= 0.6 is 0 Å². The Hall–Kier alpha value is -5.05. The molecule has 0 spiro atoms. The van der Waals surface area contributed by atoms with Gasteiger partial charge in [-0.2, -0.15) is 5.10 Å². The van der Waals surface area contributed by atoms with Gasteiger partial charge in [0.25, 0.3) is 0 Å². The van der Waals surface area contributed by atoms with Crippen molar-refractivity contribution in [1.29, 1.82) is 0 Å². The molecule has 0 unspecified atom stereocenters. The van der Waals surface area contributed by atoms with Gasteiger partial charge in [-0.25, -0.2) is 4.39 Å². The fourth-order valence-corrected chi connectivity index (χ4v) is 4.52. The van der Waals surface area contributed by atoms with E-state index < -0.39 is 17.1 Å². The van der Waals surface area contributed by atoms with Gasteiger partial charge in [0.05, 0.1) is 11.7 Å². The molecule has 1 saturated carbocycles. The van der Waals surface area contributed by atoms with Crippen LogP contribution in [0.2, 0.25) is 0 Å². The lowest BCUT2D eigenvalue weighted by atomic mass is 10.0. The van der Waals surface area contributed by atoms with Gasteiger partial charge in [0, 0.05) is 34.7 Å². The molecule has 3 aromatic carbocycles. The number of aromatic amines is 1. The van der Waals surface area contributed by atoms with Crippen molar-refractivity contribution in [2.45, 2.75) is 19.8 Å². The van der Waals surface area contributed by atoms with Crippen LogP contribution in [-0.4, -0.2) is 27.0 Å². The number of nitrogens with zero attached hydrogens (tertiary/aromatic N) is 2. The van der Waals surface area contributed by atoms with E-state index in [-0.39, 0.29) is 5.91 Å². The van der Waals surface area contributed by atoms with Crippen LogP contribution in [0.3, 0.4) is 0 Å². The number of benzene rings is 3. The van der Waals surface area contributed by atoms with E-state index >= 15 is 0 Å². The first kappa shape index (κ1) is 24.3. The molecule has 194 valence electrons. The summed E-state index contributed by atoms with van der Waals surface area (Å²) in [5.74, 6) is 0.0773. The summed E-state index contributed by atoms with van der Waals surface area (Å²) in [5, 5.41) is 13.3. The number of amides is 2. The number of halogens is 1. The number of H-pyrrole nitrogens is 1. The number of carbonyl (C=O) groups excluding carboxylic acids is 2. The topological polar surface area (TPSA) is 109 Å². The van der Waals surface area contributed by atoms with Crippen LogP contribution in [0.5, 0.6) is 11.5 Å².